The molecule has 2 rings (SSSR count). The van der Waals surface area contributed by atoms with Gasteiger partial charge in [-0.15, -0.1) is 11.8 Å². The summed E-state index contributed by atoms with van der Waals surface area (Å²) in [5, 5.41) is 11.7. The van der Waals surface area contributed by atoms with Crippen molar-refractivity contribution in [2.75, 3.05) is 37.2 Å². The lowest BCUT2D eigenvalue weighted by Crippen LogP contribution is -2.54. The SMILES string of the molecule is CC(SCC(=O)Nc1ccc(F)cc1)C(=O)N1CCN(C(C#N)C(C)C)CC1. The molecular weight excluding hydrogens is 379 g/mol. The summed E-state index contributed by atoms with van der Waals surface area (Å²) in [4.78, 5) is 28.6. The number of nitrogens with one attached hydrogen (secondary N) is 1. The van der Waals surface area contributed by atoms with Crippen LogP contribution in [-0.2, 0) is 9.59 Å². The van der Waals surface area contributed by atoms with Gasteiger partial charge in [0.15, 0.2) is 0 Å². The predicted molar refractivity (Wildman–Crippen MR) is 109 cm³/mol. The van der Waals surface area contributed by atoms with E-state index in [9.17, 15) is 19.2 Å². The van der Waals surface area contributed by atoms with Gasteiger partial charge in [-0.1, -0.05) is 13.8 Å². The van der Waals surface area contributed by atoms with E-state index < -0.39 is 0 Å². The van der Waals surface area contributed by atoms with Gasteiger partial charge in [0.05, 0.1) is 17.1 Å². The fraction of sp³-hybridized carbons (Fsp3) is 0.550. The second-order valence-electron chi connectivity index (χ2n) is 7.19. The molecule has 0 radical (unpaired) electrons. The fourth-order valence-electron chi connectivity index (χ4n) is 3.13. The van der Waals surface area contributed by atoms with Crippen molar-refractivity contribution in [2.24, 2.45) is 5.92 Å². The van der Waals surface area contributed by atoms with Crippen LogP contribution in [0.15, 0.2) is 24.3 Å². The van der Waals surface area contributed by atoms with Gasteiger partial charge < -0.3 is 10.2 Å². The minimum absolute atomic E-state index is 0.0114. The molecular formula is C20H27FN4O2S. The number of anilines is 1. The number of halogens is 1. The largest absolute Gasteiger partial charge is 0.339 e. The molecule has 1 fully saturated rings. The van der Waals surface area contributed by atoms with Crippen LogP contribution < -0.4 is 5.32 Å². The lowest BCUT2D eigenvalue weighted by Gasteiger charge is -2.38. The Hall–Kier alpha value is -2.11. The number of amides is 2. The number of hydrogen-bond donors (Lipinski definition) is 1. The molecule has 0 spiro atoms. The molecule has 0 aromatic heterocycles. The van der Waals surface area contributed by atoms with Gasteiger partial charge in [0.1, 0.15) is 11.9 Å². The van der Waals surface area contributed by atoms with Gasteiger partial charge in [-0.25, -0.2) is 4.39 Å². The van der Waals surface area contributed by atoms with Crippen LogP contribution in [0.5, 0.6) is 0 Å². The molecule has 1 heterocycles. The maximum absolute atomic E-state index is 12.9. The zero-order valence-electron chi connectivity index (χ0n) is 16.5. The van der Waals surface area contributed by atoms with E-state index in [-0.39, 0.29) is 40.6 Å². The fourth-order valence-corrected chi connectivity index (χ4v) is 3.90. The van der Waals surface area contributed by atoms with Crippen LogP contribution >= 0.6 is 11.8 Å². The molecule has 1 aliphatic heterocycles. The predicted octanol–water partition coefficient (Wildman–Crippen LogP) is 2.58. The average molecular weight is 407 g/mol. The summed E-state index contributed by atoms with van der Waals surface area (Å²) >= 11 is 1.28. The van der Waals surface area contributed by atoms with Crippen LogP contribution in [0.4, 0.5) is 10.1 Å². The normalized spacial score (nSPS) is 17.1. The molecule has 2 unspecified atom stereocenters. The minimum atomic E-state index is -0.360. The maximum Gasteiger partial charge on any atom is 0.235 e. The highest BCUT2D eigenvalue weighted by molar-refractivity contribution is 8.01. The maximum atomic E-state index is 12.9. The molecule has 1 aliphatic rings. The van der Waals surface area contributed by atoms with Crippen molar-refractivity contribution in [3.8, 4) is 6.07 Å². The third-order valence-corrected chi connectivity index (χ3v) is 5.85. The van der Waals surface area contributed by atoms with Crippen LogP contribution in [0.25, 0.3) is 0 Å². The molecule has 0 saturated carbocycles. The quantitative estimate of drug-likeness (QED) is 0.753. The van der Waals surface area contributed by atoms with E-state index in [4.69, 9.17) is 0 Å². The number of benzene rings is 1. The highest BCUT2D eigenvalue weighted by Crippen LogP contribution is 2.18. The van der Waals surface area contributed by atoms with E-state index in [0.29, 0.717) is 31.9 Å². The Morgan fingerprint density at radius 1 is 1.18 bits per heavy atom. The molecule has 6 nitrogen and oxygen atoms in total. The summed E-state index contributed by atoms with van der Waals surface area (Å²) in [6, 6.07) is 7.78. The zero-order chi connectivity index (χ0) is 20.7. The number of piperazine rings is 1. The van der Waals surface area contributed by atoms with Crippen LogP contribution in [-0.4, -0.2) is 64.8 Å². The van der Waals surface area contributed by atoms with Gasteiger partial charge in [-0.3, -0.25) is 14.5 Å². The van der Waals surface area contributed by atoms with Crippen molar-refractivity contribution in [2.45, 2.75) is 32.1 Å². The number of hydrogen-bond acceptors (Lipinski definition) is 5. The number of thioether (sulfide) groups is 1. The van der Waals surface area contributed by atoms with Crippen LogP contribution in [0.1, 0.15) is 20.8 Å². The molecule has 1 aromatic carbocycles. The van der Waals surface area contributed by atoms with E-state index in [1.54, 1.807) is 11.8 Å². The van der Waals surface area contributed by atoms with E-state index in [0.717, 1.165) is 0 Å². The second-order valence-corrected chi connectivity index (χ2v) is 8.52. The third kappa shape index (κ3) is 6.21. The number of rotatable bonds is 7. The summed E-state index contributed by atoms with van der Waals surface area (Å²) in [6.07, 6.45) is 0. The average Bonchev–Trinajstić information content (AvgIpc) is 2.68. The molecule has 1 N–H and O–H groups in total. The van der Waals surface area contributed by atoms with Crippen LogP contribution in [0, 0.1) is 23.1 Å². The van der Waals surface area contributed by atoms with Gasteiger partial charge in [-0.2, -0.15) is 5.26 Å². The summed E-state index contributed by atoms with van der Waals surface area (Å²) in [6.45, 7) is 8.42. The Morgan fingerprint density at radius 2 is 1.79 bits per heavy atom. The molecule has 1 aromatic rings. The highest BCUT2D eigenvalue weighted by Gasteiger charge is 2.29. The van der Waals surface area contributed by atoms with Crippen LogP contribution in [0.3, 0.4) is 0 Å². The van der Waals surface area contributed by atoms with E-state index in [2.05, 4.69) is 16.3 Å². The Kier molecular flexibility index (Phi) is 8.27. The molecule has 0 bridgehead atoms. The Labute approximate surface area is 170 Å². The van der Waals surface area contributed by atoms with Gasteiger partial charge in [-0.05, 0) is 37.1 Å². The lowest BCUT2D eigenvalue weighted by molar-refractivity contribution is -0.132. The molecule has 2 amide bonds. The first kappa shape index (κ1) is 22.2. The summed E-state index contributed by atoms with van der Waals surface area (Å²) in [5.41, 5.74) is 0.527. The lowest BCUT2D eigenvalue weighted by atomic mass is 10.0. The van der Waals surface area contributed by atoms with Crippen molar-refractivity contribution in [3.05, 3.63) is 30.1 Å². The Morgan fingerprint density at radius 3 is 2.32 bits per heavy atom. The van der Waals surface area contributed by atoms with E-state index in [1.807, 2.05) is 13.8 Å². The van der Waals surface area contributed by atoms with Crippen molar-refractivity contribution < 1.29 is 14.0 Å². The highest BCUT2D eigenvalue weighted by atomic mass is 32.2. The number of carbonyl (C=O) groups excluding carboxylic acids is 2. The Bertz CT molecular complexity index is 712. The monoisotopic (exact) mass is 406 g/mol. The molecule has 28 heavy (non-hydrogen) atoms. The first-order valence-electron chi connectivity index (χ1n) is 9.41. The van der Waals surface area contributed by atoms with Crippen molar-refractivity contribution >= 4 is 29.3 Å². The summed E-state index contributed by atoms with van der Waals surface area (Å²) in [7, 11) is 0. The zero-order valence-corrected chi connectivity index (χ0v) is 17.3. The Balaban J connectivity index is 1.76. The molecule has 152 valence electrons. The van der Waals surface area contributed by atoms with Crippen molar-refractivity contribution in [1.29, 1.82) is 5.26 Å². The van der Waals surface area contributed by atoms with Gasteiger partial charge in [0.2, 0.25) is 11.8 Å². The van der Waals surface area contributed by atoms with E-state index in [1.165, 1.54) is 36.0 Å². The molecule has 1 saturated heterocycles. The first-order valence-corrected chi connectivity index (χ1v) is 10.5. The number of carbonyl (C=O) groups is 2. The second kappa shape index (κ2) is 10.4. The first-order chi connectivity index (χ1) is 13.3. The molecule has 8 heteroatoms. The third-order valence-electron chi connectivity index (χ3n) is 4.72. The minimum Gasteiger partial charge on any atom is -0.339 e. The standard InChI is InChI=1S/C20H27FN4O2S/c1-14(2)18(12-22)24-8-10-25(11-9-24)20(27)15(3)28-13-19(26)23-17-6-4-16(21)5-7-17/h4-7,14-15,18H,8-11,13H2,1-3H3,(H,23,26). The van der Waals surface area contributed by atoms with Crippen molar-refractivity contribution in [3.63, 3.8) is 0 Å². The summed E-state index contributed by atoms with van der Waals surface area (Å²) in [5.74, 6) is -0.177. The van der Waals surface area contributed by atoms with Crippen LogP contribution in [0.2, 0.25) is 0 Å². The van der Waals surface area contributed by atoms with Crippen molar-refractivity contribution in [1.82, 2.24) is 9.80 Å². The number of nitrogens with zero attached hydrogens (tertiary/aromatic N) is 3. The topological polar surface area (TPSA) is 76.4 Å². The molecule has 2 atom stereocenters. The van der Waals surface area contributed by atoms with E-state index >= 15 is 0 Å². The summed E-state index contributed by atoms with van der Waals surface area (Å²) < 4.78 is 12.9. The van der Waals surface area contributed by atoms with Gasteiger partial charge in [0.25, 0.3) is 0 Å². The van der Waals surface area contributed by atoms with Gasteiger partial charge >= 0.3 is 0 Å². The van der Waals surface area contributed by atoms with Gasteiger partial charge in [0, 0.05) is 31.9 Å². The molecule has 0 aliphatic carbocycles. The number of nitriles is 1. The smallest absolute Gasteiger partial charge is 0.235 e.